The molecule has 8 heteroatoms. The standard InChI is InChI=1S/C21H19FN2O3.2ClH/c22-18-3-1-16(2-4-18)17-9-15(12-24-13-17)11-23-7-8-25-19-5-6-20-21(10-19)27-14-26-20;;/h1-6,9-10,12-13,23H,7-8,11,14H2;2*1H. The van der Waals surface area contributed by atoms with Gasteiger partial charge in [-0.15, -0.1) is 24.8 Å². The van der Waals surface area contributed by atoms with Crippen molar-refractivity contribution in [3.05, 3.63) is 72.3 Å². The summed E-state index contributed by atoms with van der Waals surface area (Å²) in [6.45, 7) is 2.15. The van der Waals surface area contributed by atoms with Crippen molar-refractivity contribution in [2.45, 2.75) is 6.54 Å². The highest BCUT2D eigenvalue weighted by Gasteiger charge is 2.13. The minimum Gasteiger partial charge on any atom is -0.492 e. The van der Waals surface area contributed by atoms with Gasteiger partial charge in [0, 0.05) is 37.1 Å². The van der Waals surface area contributed by atoms with E-state index in [0.717, 1.165) is 28.2 Å². The van der Waals surface area contributed by atoms with E-state index in [-0.39, 0.29) is 37.4 Å². The van der Waals surface area contributed by atoms with Crippen LogP contribution in [0.25, 0.3) is 11.1 Å². The summed E-state index contributed by atoms with van der Waals surface area (Å²) in [5.41, 5.74) is 2.96. The Morgan fingerprint density at radius 3 is 2.55 bits per heavy atom. The van der Waals surface area contributed by atoms with Crippen LogP contribution in [0.4, 0.5) is 4.39 Å². The van der Waals surface area contributed by atoms with Crippen molar-refractivity contribution in [3.63, 3.8) is 0 Å². The highest BCUT2D eigenvalue weighted by atomic mass is 35.5. The summed E-state index contributed by atoms with van der Waals surface area (Å²) in [5, 5.41) is 3.33. The molecule has 0 spiro atoms. The first-order valence-electron chi connectivity index (χ1n) is 8.71. The van der Waals surface area contributed by atoms with Gasteiger partial charge in [-0.3, -0.25) is 4.98 Å². The first-order chi connectivity index (χ1) is 13.3. The van der Waals surface area contributed by atoms with Crippen molar-refractivity contribution in [1.29, 1.82) is 0 Å². The Labute approximate surface area is 181 Å². The number of benzene rings is 2. The number of nitrogens with zero attached hydrogens (tertiary/aromatic N) is 1. The second kappa shape index (κ2) is 10.9. The molecule has 0 aliphatic carbocycles. The third-order valence-corrected chi connectivity index (χ3v) is 4.19. The Kier molecular flexibility index (Phi) is 8.51. The summed E-state index contributed by atoms with van der Waals surface area (Å²) < 4.78 is 29.4. The summed E-state index contributed by atoms with van der Waals surface area (Å²) in [6, 6.07) is 14.0. The van der Waals surface area contributed by atoms with Crippen LogP contribution in [-0.2, 0) is 6.54 Å². The van der Waals surface area contributed by atoms with E-state index in [1.54, 1.807) is 18.3 Å². The Balaban J connectivity index is 0.00000150. The quantitative estimate of drug-likeness (QED) is 0.545. The minimum atomic E-state index is -0.244. The van der Waals surface area contributed by atoms with E-state index in [1.165, 1.54) is 12.1 Å². The van der Waals surface area contributed by atoms with Crippen LogP contribution in [0.1, 0.15) is 5.56 Å². The molecule has 5 nitrogen and oxygen atoms in total. The summed E-state index contributed by atoms with van der Waals surface area (Å²) in [6.07, 6.45) is 3.60. The predicted octanol–water partition coefficient (Wildman–Crippen LogP) is 4.63. The number of aromatic nitrogens is 1. The lowest BCUT2D eigenvalue weighted by Crippen LogP contribution is -2.20. The molecule has 0 unspecified atom stereocenters. The van der Waals surface area contributed by atoms with Gasteiger partial charge < -0.3 is 19.5 Å². The molecule has 0 radical (unpaired) electrons. The van der Waals surface area contributed by atoms with Crippen LogP contribution in [0.3, 0.4) is 0 Å². The molecule has 4 rings (SSSR count). The van der Waals surface area contributed by atoms with E-state index in [4.69, 9.17) is 14.2 Å². The number of hydrogen-bond acceptors (Lipinski definition) is 5. The molecule has 0 bridgehead atoms. The smallest absolute Gasteiger partial charge is 0.231 e. The van der Waals surface area contributed by atoms with Gasteiger partial charge in [0.25, 0.3) is 0 Å². The monoisotopic (exact) mass is 438 g/mol. The molecule has 3 aromatic rings. The average molecular weight is 439 g/mol. The summed E-state index contributed by atoms with van der Waals surface area (Å²) in [4.78, 5) is 4.27. The second-order valence-electron chi connectivity index (χ2n) is 6.13. The Hall–Kier alpha value is -2.54. The molecule has 1 aliphatic heterocycles. The number of halogens is 3. The van der Waals surface area contributed by atoms with E-state index in [1.807, 2.05) is 30.5 Å². The average Bonchev–Trinajstić information content (AvgIpc) is 3.16. The van der Waals surface area contributed by atoms with E-state index in [0.29, 0.717) is 25.4 Å². The zero-order chi connectivity index (χ0) is 18.5. The van der Waals surface area contributed by atoms with Gasteiger partial charge in [-0.1, -0.05) is 12.1 Å². The third-order valence-electron chi connectivity index (χ3n) is 4.19. The van der Waals surface area contributed by atoms with Crippen LogP contribution in [0.5, 0.6) is 17.2 Å². The molecule has 154 valence electrons. The lowest BCUT2D eigenvalue weighted by atomic mass is 10.1. The molecule has 2 aromatic carbocycles. The predicted molar refractivity (Wildman–Crippen MR) is 114 cm³/mol. The topological polar surface area (TPSA) is 52.6 Å². The highest BCUT2D eigenvalue weighted by molar-refractivity contribution is 5.85. The molecule has 1 aliphatic rings. The number of pyridine rings is 1. The number of nitrogens with one attached hydrogen (secondary N) is 1. The van der Waals surface area contributed by atoms with Gasteiger partial charge in [0.1, 0.15) is 18.2 Å². The minimum absolute atomic E-state index is 0. The number of hydrogen-bond donors (Lipinski definition) is 1. The van der Waals surface area contributed by atoms with E-state index < -0.39 is 0 Å². The number of ether oxygens (including phenoxy) is 3. The van der Waals surface area contributed by atoms with E-state index in [9.17, 15) is 4.39 Å². The third kappa shape index (κ3) is 5.97. The van der Waals surface area contributed by atoms with Gasteiger partial charge in [-0.25, -0.2) is 4.39 Å². The van der Waals surface area contributed by atoms with Crippen molar-refractivity contribution < 1.29 is 18.6 Å². The largest absolute Gasteiger partial charge is 0.492 e. The number of rotatable bonds is 7. The van der Waals surface area contributed by atoms with Crippen LogP contribution < -0.4 is 19.5 Å². The van der Waals surface area contributed by atoms with Crippen LogP contribution in [-0.4, -0.2) is 24.9 Å². The lowest BCUT2D eigenvalue weighted by Gasteiger charge is -2.09. The Bertz CT molecular complexity index is 926. The molecule has 0 atom stereocenters. The molecule has 0 amide bonds. The van der Waals surface area contributed by atoms with Gasteiger partial charge >= 0.3 is 0 Å². The fourth-order valence-corrected chi connectivity index (χ4v) is 2.82. The fraction of sp³-hybridized carbons (Fsp3) is 0.190. The van der Waals surface area contributed by atoms with Gasteiger partial charge in [0.05, 0.1) is 0 Å². The van der Waals surface area contributed by atoms with Gasteiger partial charge in [-0.05, 0) is 41.5 Å². The maximum Gasteiger partial charge on any atom is 0.231 e. The summed E-state index contributed by atoms with van der Waals surface area (Å²) in [5.74, 6) is 1.96. The Morgan fingerprint density at radius 1 is 0.931 bits per heavy atom. The molecule has 29 heavy (non-hydrogen) atoms. The first-order valence-corrected chi connectivity index (χ1v) is 8.71. The molecule has 0 saturated carbocycles. The Morgan fingerprint density at radius 2 is 1.72 bits per heavy atom. The van der Waals surface area contributed by atoms with Crippen molar-refractivity contribution in [3.8, 4) is 28.4 Å². The lowest BCUT2D eigenvalue weighted by molar-refractivity contribution is 0.173. The molecular formula is C21H21Cl2FN2O3. The first kappa shape index (κ1) is 22.7. The maximum absolute atomic E-state index is 13.1. The van der Waals surface area contributed by atoms with Crippen molar-refractivity contribution in [2.75, 3.05) is 19.9 Å². The highest BCUT2D eigenvalue weighted by Crippen LogP contribution is 2.35. The number of fused-ring (bicyclic) bond motifs is 1. The van der Waals surface area contributed by atoms with Crippen LogP contribution in [0.2, 0.25) is 0 Å². The van der Waals surface area contributed by atoms with E-state index in [2.05, 4.69) is 10.3 Å². The zero-order valence-electron chi connectivity index (χ0n) is 15.5. The summed E-state index contributed by atoms with van der Waals surface area (Å²) >= 11 is 0. The van der Waals surface area contributed by atoms with Crippen LogP contribution in [0, 0.1) is 5.82 Å². The molecular weight excluding hydrogens is 418 g/mol. The van der Waals surface area contributed by atoms with E-state index >= 15 is 0 Å². The molecule has 0 saturated heterocycles. The van der Waals surface area contributed by atoms with Crippen LogP contribution >= 0.6 is 24.8 Å². The van der Waals surface area contributed by atoms with Crippen molar-refractivity contribution in [1.82, 2.24) is 10.3 Å². The normalized spacial score (nSPS) is 11.3. The molecule has 0 fully saturated rings. The molecule has 1 N–H and O–H groups in total. The maximum atomic E-state index is 13.1. The van der Waals surface area contributed by atoms with Gasteiger partial charge in [-0.2, -0.15) is 0 Å². The van der Waals surface area contributed by atoms with Gasteiger partial charge in [0.2, 0.25) is 6.79 Å². The van der Waals surface area contributed by atoms with Crippen molar-refractivity contribution >= 4 is 24.8 Å². The van der Waals surface area contributed by atoms with Crippen molar-refractivity contribution in [2.24, 2.45) is 0 Å². The summed E-state index contributed by atoms with van der Waals surface area (Å²) in [7, 11) is 0. The molecule has 2 heterocycles. The van der Waals surface area contributed by atoms with Crippen LogP contribution in [0.15, 0.2) is 60.9 Å². The fourth-order valence-electron chi connectivity index (χ4n) is 2.82. The zero-order valence-corrected chi connectivity index (χ0v) is 17.1. The SMILES string of the molecule is Cl.Cl.Fc1ccc(-c2cncc(CNCCOc3ccc4c(c3)OCO4)c2)cc1. The van der Waals surface area contributed by atoms with Gasteiger partial charge in [0.15, 0.2) is 11.5 Å². The molecule has 1 aromatic heterocycles. The second-order valence-corrected chi connectivity index (χ2v) is 6.13.